The van der Waals surface area contributed by atoms with Crippen LogP contribution >= 0.6 is 0 Å². The zero-order valence-corrected chi connectivity index (χ0v) is 13.2. The average Bonchev–Trinajstić information content (AvgIpc) is 2.50. The van der Waals surface area contributed by atoms with E-state index in [1.54, 1.807) is 0 Å². The Morgan fingerprint density at radius 2 is 2.27 bits per heavy atom. The summed E-state index contributed by atoms with van der Waals surface area (Å²) in [6.07, 6.45) is 10.8. The third-order valence-corrected chi connectivity index (χ3v) is 3.34. The molecule has 4 heteroatoms. The van der Waals surface area contributed by atoms with Gasteiger partial charge in [-0.2, -0.15) is 0 Å². The lowest BCUT2D eigenvalue weighted by molar-refractivity contribution is 0.152. The lowest BCUT2D eigenvalue weighted by atomic mass is 10.1. The number of unbranched alkanes of at least 4 members (excludes halogenated alkanes) is 2. The topological polar surface area (TPSA) is 59.7 Å². The van der Waals surface area contributed by atoms with E-state index in [4.69, 9.17) is 13.3 Å². The molecule has 1 rings (SSSR count). The second-order valence-electron chi connectivity index (χ2n) is 5.19. The Bertz CT molecular complexity index is 645. The molecule has 0 radical (unpaired) electrons. The minimum absolute atomic E-state index is 0.0347. The molecule has 1 atom stereocenters. The first-order valence-corrected chi connectivity index (χ1v) is 7.51. The van der Waals surface area contributed by atoms with E-state index in [2.05, 4.69) is 6.08 Å². The molecular weight excluding hydrogens is 280 g/mol. The van der Waals surface area contributed by atoms with Crippen LogP contribution in [0.2, 0.25) is 0 Å². The van der Waals surface area contributed by atoms with Gasteiger partial charge in [-0.3, -0.25) is 0 Å². The van der Waals surface area contributed by atoms with Crippen molar-refractivity contribution in [2.24, 2.45) is 0 Å². The number of allylic oxidation sites excluding steroid dienone is 4. The van der Waals surface area contributed by atoms with Crippen LogP contribution in [0.5, 0.6) is 5.75 Å². The molecule has 0 aliphatic rings. The van der Waals surface area contributed by atoms with E-state index >= 15 is 0 Å². The third-order valence-electron chi connectivity index (χ3n) is 3.34. The zero-order chi connectivity index (χ0) is 18.9. The second kappa shape index (κ2) is 10.0. The number of hydrogen-bond acceptors (Lipinski definition) is 4. The number of rotatable bonds is 9. The predicted octanol–water partition coefficient (Wildman–Crippen LogP) is 3.55. The third kappa shape index (κ3) is 6.31. The van der Waals surface area contributed by atoms with E-state index in [0.717, 1.165) is 19.3 Å². The van der Waals surface area contributed by atoms with Crippen molar-refractivity contribution in [1.29, 1.82) is 0 Å². The number of ether oxygens (including phenoxy) is 1. The van der Waals surface area contributed by atoms with E-state index in [1.807, 2.05) is 25.2 Å². The summed E-state index contributed by atoms with van der Waals surface area (Å²) in [5.41, 5.74) is -0.555. The van der Waals surface area contributed by atoms with Gasteiger partial charge in [-0.25, -0.2) is 4.79 Å². The fraction of sp³-hybridized carbons (Fsp3) is 0.500. The maximum Gasteiger partial charge on any atom is 0.342 e. The minimum Gasteiger partial charge on any atom is -0.496 e. The highest BCUT2D eigenvalue weighted by atomic mass is 16.5. The van der Waals surface area contributed by atoms with Crippen LogP contribution in [-0.4, -0.2) is 18.2 Å². The summed E-state index contributed by atoms with van der Waals surface area (Å²) in [5.74, 6) is 0.183. The average molecular weight is 309 g/mol. The highest BCUT2D eigenvalue weighted by molar-refractivity contribution is 5.30. The van der Waals surface area contributed by atoms with Gasteiger partial charge in [0.25, 0.3) is 0 Å². The van der Waals surface area contributed by atoms with Gasteiger partial charge in [0, 0.05) is 12.5 Å². The molecule has 0 saturated heterocycles. The minimum atomic E-state index is -2.64. The first kappa shape index (κ1) is 13.8. The molecule has 0 saturated carbocycles. The molecule has 1 unspecified atom stereocenters. The molecule has 0 spiro atoms. The number of aliphatic hydroxyl groups excluding tert-OH is 1. The lowest BCUT2D eigenvalue weighted by Crippen LogP contribution is -2.14. The molecule has 4 nitrogen and oxygen atoms in total. The SMILES string of the molecule is [2H]C([2H])([2H])Oc1cc(CC(O)CCCC/C=C/C=C/C)oc(=O)c1C. The Labute approximate surface area is 136 Å². The Kier molecular flexibility index (Phi) is 6.29. The van der Waals surface area contributed by atoms with E-state index in [9.17, 15) is 9.90 Å². The summed E-state index contributed by atoms with van der Waals surface area (Å²) in [5, 5.41) is 10.1. The fourth-order valence-electron chi connectivity index (χ4n) is 2.05. The molecule has 122 valence electrons. The first-order valence-electron chi connectivity index (χ1n) is 9.01. The van der Waals surface area contributed by atoms with Crippen LogP contribution in [0, 0.1) is 6.92 Å². The monoisotopic (exact) mass is 309 g/mol. The van der Waals surface area contributed by atoms with Gasteiger partial charge in [-0.1, -0.05) is 30.7 Å². The van der Waals surface area contributed by atoms with Crippen molar-refractivity contribution >= 4 is 0 Å². The summed E-state index contributed by atoms with van der Waals surface area (Å²) in [4.78, 5) is 11.8. The van der Waals surface area contributed by atoms with Crippen LogP contribution in [0.25, 0.3) is 0 Å². The number of methoxy groups -OCH3 is 1. The second-order valence-corrected chi connectivity index (χ2v) is 5.19. The van der Waals surface area contributed by atoms with Crippen LogP contribution < -0.4 is 10.4 Å². The molecule has 0 aliphatic carbocycles. The van der Waals surface area contributed by atoms with Crippen molar-refractivity contribution in [3.63, 3.8) is 0 Å². The lowest BCUT2D eigenvalue weighted by Gasteiger charge is -2.10. The summed E-state index contributed by atoms with van der Waals surface area (Å²) in [7, 11) is -2.64. The summed E-state index contributed by atoms with van der Waals surface area (Å²) in [6, 6.07) is 1.37. The highest BCUT2D eigenvalue weighted by Gasteiger charge is 2.12. The summed E-state index contributed by atoms with van der Waals surface area (Å²) < 4.78 is 31.4. The van der Waals surface area contributed by atoms with Gasteiger partial charge in [0.15, 0.2) is 0 Å². The van der Waals surface area contributed by atoms with E-state index in [1.165, 1.54) is 13.0 Å². The van der Waals surface area contributed by atoms with Crippen molar-refractivity contribution in [1.82, 2.24) is 0 Å². The van der Waals surface area contributed by atoms with Crippen LogP contribution in [0.15, 0.2) is 39.6 Å². The van der Waals surface area contributed by atoms with Crippen LogP contribution in [0.1, 0.15) is 48.0 Å². The normalized spacial score (nSPS) is 15.7. The van der Waals surface area contributed by atoms with Gasteiger partial charge < -0.3 is 14.3 Å². The maximum absolute atomic E-state index is 11.8. The Morgan fingerprint density at radius 3 is 3.00 bits per heavy atom. The summed E-state index contributed by atoms with van der Waals surface area (Å²) in [6.45, 7) is 3.40. The standard InChI is InChI=1S/C18H26O4/c1-4-5-6-7-8-9-10-11-15(19)12-16-13-17(21-3)14(2)18(20)22-16/h4-7,13,15,19H,8-12H2,1-3H3/b5-4+,7-6+/i3D3. The molecule has 0 bridgehead atoms. The van der Waals surface area contributed by atoms with Crippen LogP contribution in [0.4, 0.5) is 0 Å². The Hall–Kier alpha value is -1.81. The van der Waals surface area contributed by atoms with E-state index in [0.29, 0.717) is 6.42 Å². The molecule has 1 aromatic heterocycles. The van der Waals surface area contributed by atoms with Crippen molar-refractivity contribution in [3.05, 3.63) is 52.1 Å². The van der Waals surface area contributed by atoms with E-state index < -0.39 is 18.8 Å². The van der Waals surface area contributed by atoms with Crippen molar-refractivity contribution in [3.8, 4) is 5.75 Å². The van der Waals surface area contributed by atoms with Gasteiger partial charge in [0.2, 0.25) is 0 Å². The molecule has 0 fully saturated rings. The van der Waals surface area contributed by atoms with Crippen LogP contribution in [-0.2, 0) is 6.42 Å². The predicted molar refractivity (Wildman–Crippen MR) is 88.4 cm³/mol. The van der Waals surface area contributed by atoms with Gasteiger partial charge >= 0.3 is 5.63 Å². The molecular formula is C18H26O4. The highest BCUT2D eigenvalue weighted by Crippen LogP contribution is 2.17. The smallest absolute Gasteiger partial charge is 0.342 e. The molecule has 0 aliphatic heterocycles. The van der Waals surface area contributed by atoms with E-state index in [-0.39, 0.29) is 23.5 Å². The van der Waals surface area contributed by atoms with Gasteiger partial charge in [-0.05, 0) is 33.1 Å². The molecule has 0 amide bonds. The molecule has 22 heavy (non-hydrogen) atoms. The van der Waals surface area contributed by atoms with Crippen molar-refractivity contribution in [2.45, 2.75) is 52.1 Å². The van der Waals surface area contributed by atoms with Gasteiger partial charge in [0.05, 0.1) is 22.8 Å². The number of hydrogen-bond donors (Lipinski definition) is 1. The molecule has 0 aromatic carbocycles. The zero-order valence-electron chi connectivity index (χ0n) is 16.2. The van der Waals surface area contributed by atoms with Crippen molar-refractivity contribution in [2.75, 3.05) is 7.04 Å². The first-order chi connectivity index (χ1) is 11.7. The molecule has 1 heterocycles. The maximum atomic E-state index is 11.8. The van der Waals surface area contributed by atoms with Crippen LogP contribution in [0.3, 0.4) is 0 Å². The fourth-order valence-corrected chi connectivity index (χ4v) is 2.05. The van der Waals surface area contributed by atoms with Gasteiger partial charge in [0.1, 0.15) is 11.5 Å². The quantitative estimate of drug-likeness (QED) is 0.560. The van der Waals surface area contributed by atoms with Crippen molar-refractivity contribution < 1.29 is 18.4 Å². The van der Waals surface area contributed by atoms with Gasteiger partial charge in [-0.15, -0.1) is 0 Å². The largest absolute Gasteiger partial charge is 0.496 e. The Morgan fingerprint density at radius 1 is 1.45 bits per heavy atom. The number of aliphatic hydroxyl groups is 1. The molecule has 1 N–H and O–H groups in total. The summed E-state index contributed by atoms with van der Waals surface area (Å²) >= 11 is 0. The Balaban J connectivity index is 2.56. The molecule has 1 aromatic rings.